The molecule has 2 rings (SSSR count). The Balaban J connectivity index is 2.42. The Hall–Kier alpha value is -2.68. The largest absolute Gasteiger partial charge is 0.478 e. The van der Waals surface area contributed by atoms with E-state index in [1.165, 1.54) is 18.3 Å². The summed E-state index contributed by atoms with van der Waals surface area (Å²) in [5, 5.41) is 15.9. The molecule has 2 N–H and O–H groups in total. The molecule has 0 atom stereocenters. The van der Waals surface area contributed by atoms with E-state index in [-0.39, 0.29) is 21.7 Å². The number of nitrogens with zero attached hydrogens (tertiary/aromatic N) is 2. The Morgan fingerprint density at radius 2 is 1.81 bits per heavy atom. The van der Waals surface area contributed by atoms with Gasteiger partial charge in [0.1, 0.15) is 0 Å². The second-order valence-electron chi connectivity index (χ2n) is 7.00. The molecule has 0 unspecified atom stereocenters. The number of carbonyl (C=O) groups is 2. The van der Waals surface area contributed by atoms with Gasteiger partial charge in [0.25, 0.3) is 5.91 Å². The van der Waals surface area contributed by atoms with E-state index >= 15 is 0 Å². The topological polar surface area (TPSA) is 118 Å². The van der Waals surface area contributed by atoms with Crippen molar-refractivity contribution in [3.63, 3.8) is 0 Å². The van der Waals surface area contributed by atoms with Gasteiger partial charge in [-0.05, 0) is 45.9 Å². The van der Waals surface area contributed by atoms with E-state index in [1.807, 2.05) is 20.8 Å². The van der Waals surface area contributed by atoms with Gasteiger partial charge in [-0.1, -0.05) is 0 Å². The number of hydrogen-bond acceptors (Lipinski definition) is 5. The summed E-state index contributed by atoms with van der Waals surface area (Å²) in [5.74, 6) is -1.79. The maximum absolute atomic E-state index is 12.6. The lowest BCUT2D eigenvalue weighted by Crippen LogP contribution is -2.25. The molecule has 26 heavy (non-hydrogen) atoms. The lowest BCUT2D eigenvalue weighted by atomic mass is 10.1. The lowest BCUT2D eigenvalue weighted by molar-refractivity contribution is 0.0696. The van der Waals surface area contributed by atoms with Crippen LogP contribution >= 0.6 is 0 Å². The Morgan fingerprint density at radius 3 is 2.27 bits per heavy atom. The molecule has 1 aromatic heterocycles. The van der Waals surface area contributed by atoms with Crippen molar-refractivity contribution in [1.29, 1.82) is 0 Å². The molecule has 0 bridgehead atoms. The summed E-state index contributed by atoms with van der Waals surface area (Å²) in [6, 6.07) is 3.48. The summed E-state index contributed by atoms with van der Waals surface area (Å²) in [6.07, 6.45) is 2.39. The molecule has 0 aliphatic carbocycles. The number of carboxylic acids is 1. The number of carbonyl (C=O) groups excluding carboxylic acids is 1. The molecule has 9 heteroatoms. The fraction of sp³-hybridized carbons (Fsp3) is 0.353. The van der Waals surface area contributed by atoms with Crippen molar-refractivity contribution in [3.05, 3.63) is 41.2 Å². The van der Waals surface area contributed by atoms with Crippen molar-refractivity contribution < 1.29 is 23.1 Å². The van der Waals surface area contributed by atoms with E-state index in [9.17, 15) is 18.0 Å². The minimum Gasteiger partial charge on any atom is -0.478 e. The van der Waals surface area contributed by atoms with Gasteiger partial charge in [-0.25, -0.2) is 13.2 Å². The van der Waals surface area contributed by atoms with E-state index < -0.39 is 21.7 Å². The van der Waals surface area contributed by atoms with Crippen molar-refractivity contribution >= 4 is 27.4 Å². The predicted octanol–water partition coefficient (Wildman–Crippen LogP) is 2.30. The van der Waals surface area contributed by atoms with Crippen molar-refractivity contribution in [2.75, 3.05) is 11.6 Å². The molecule has 2 aromatic rings. The number of benzene rings is 1. The van der Waals surface area contributed by atoms with Crippen LogP contribution in [0.15, 0.2) is 29.3 Å². The zero-order valence-corrected chi connectivity index (χ0v) is 16.0. The highest BCUT2D eigenvalue weighted by atomic mass is 32.2. The number of aromatic carboxylic acids is 1. The van der Waals surface area contributed by atoms with Crippen LogP contribution in [-0.2, 0) is 15.4 Å². The molecule has 1 amide bonds. The quantitative estimate of drug-likeness (QED) is 0.841. The smallest absolute Gasteiger partial charge is 0.335 e. The van der Waals surface area contributed by atoms with Crippen LogP contribution in [-0.4, -0.2) is 41.4 Å². The number of sulfone groups is 1. The molecule has 1 heterocycles. The number of amides is 1. The van der Waals surface area contributed by atoms with Crippen LogP contribution in [0.25, 0.3) is 0 Å². The van der Waals surface area contributed by atoms with Crippen LogP contribution in [0.4, 0.5) is 5.69 Å². The first-order chi connectivity index (χ1) is 11.8. The first-order valence-corrected chi connectivity index (χ1v) is 9.65. The number of carboxylic acid groups (broad SMARTS) is 1. The number of hydrogen-bond donors (Lipinski definition) is 2. The zero-order chi connectivity index (χ0) is 19.9. The molecule has 140 valence electrons. The number of rotatable bonds is 4. The molecule has 0 saturated heterocycles. The van der Waals surface area contributed by atoms with Crippen LogP contribution < -0.4 is 5.32 Å². The average Bonchev–Trinajstić information content (AvgIpc) is 2.87. The van der Waals surface area contributed by atoms with E-state index in [1.54, 1.807) is 11.6 Å². The summed E-state index contributed by atoms with van der Waals surface area (Å²) in [4.78, 5) is 23.6. The van der Waals surface area contributed by atoms with Crippen LogP contribution in [0.5, 0.6) is 0 Å². The SMILES string of the molecule is Cc1c(C(=O)Nc2cc(C(=O)O)cc(S(C)(=O)=O)c2)cnn1C(C)(C)C. The number of anilines is 1. The number of aromatic nitrogens is 2. The van der Waals surface area contributed by atoms with E-state index in [0.29, 0.717) is 11.3 Å². The fourth-order valence-corrected chi connectivity index (χ4v) is 3.20. The summed E-state index contributed by atoms with van der Waals surface area (Å²) >= 11 is 0. The summed E-state index contributed by atoms with van der Waals surface area (Å²) in [5.41, 5.74) is 0.507. The highest BCUT2D eigenvalue weighted by molar-refractivity contribution is 7.90. The van der Waals surface area contributed by atoms with Crippen LogP contribution in [0.2, 0.25) is 0 Å². The maximum Gasteiger partial charge on any atom is 0.335 e. The summed E-state index contributed by atoms with van der Waals surface area (Å²) in [6.45, 7) is 7.60. The minimum atomic E-state index is -3.64. The van der Waals surface area contributed by atoms with Gasteiger partial charge in [0.05, 0.1) is 27.8 Å². The highest BCUT2D eigenvalue weighted by Crippen LogP contribution is 2.22. The molecule has 8 nitrogen and oxygen atoms in total. The summed E-state index contributed by atoms with van der Waals surface area (Å²) < 4.78 is 25.2. The van der Waals surface area contributed by atoms with Gasteiger partial charge in [0.2, 0.25) is 0 Å². The Morgan fingerprint density at radius 1 is 1.19 bits per heavy atom. The van der Waals surface area contributed by atoms with Gasteiger partial charge in [-0.2, -0.15) is 5.10 Å². The third-order valence-corrected chi connectivity index (χ3v) is 4.82. The van der Waals surface area contributed by atoms with Crippen molar-refractivity contribution in [3.8, 4) is 0 Å². The van der Waals surface area contributed by atoms with Gasteiger partial charge < -0.3 is 10.4 Å². The normalized spacial score (nSPS) is 12.0. The van der Waals surface area contributed by atoms with Crippen molar-refractivity contribution in [2.24, 2.45) is 0 Å². The van der Waals surface area contributed by atoms with E-state index in [2.05, 4.69) is 10.4 Å². The first kappa shape index (κ1) is 19.6. The molecule has 0 spiro atoms. The monoisotopic (exact) mass is 379 g/mol. The van der Waals surface area contributed by atoms with Crippen molar-refractivity contribution in [1.82, 2.24) is 9.78 Å². The Labute approximate surface area is 151 Å². The lowest BCUT2D eigenvalue weighted by Gasteiger charge is -2.21. The van der Waals surface area contributed by atoms with Gasteiger partial charge in [0, 0.05) is 17.6 Å². The third kappa shape index (κ3) is 4.10. The van der Waals surface area contributed by atoms with E-state index in [4.69, 9.17) is 5.11 Å². The zero-order valence-electron chi connectivity index (χ0n) is 15.2. The second kappa shape index (κ2) is 6.56. The van der Waals surface area contributed by atoms with E-state index in [0.717, 1.165) is 12.3 Å². The van der Waals surface area contributed by atoms with Gasteiger partial charge >= 0.3 is 5.97 Å². The molecule has 1 aromatic carbocycles. The third-order valence-electron chi connectivity index (χ3n) is 3.73. The minimum absolute atomic E-state index is 0.0817. The van der Waals surface area contributed by atoms with Crippen molar-refractivity contribution in [2.45, 2.75) is 38.1 Å². The van der Waals surface area contributed by atoms with Gasteiger partial charge in [0.15, 0.2) is 9.84 Å². The molecule has 0 fully saturated rings. The van der Waals surface area contributed by atoms with Crippen LogP contribution in [0.1, 0.15) is 47.2 Å². The highest BCUT2D eigenvalue weighted by Gasteiger charge is 2.22. The molecule has 0 radical (unpaired) electrons. The molecular weight excluding hydrogens is 358 g/mol. The predicted molar refractivity (Wildman–Crippen MR) is 96.4 cm³/mol. The molecule has 0 saturated carbocycles. The Bertz CT molecular complexity index is 984. The van der Waals surface area contributed by atoms with Gasteiger partial charge in [-0.3, -0.25) is 9.48 Å². The van der Waals surface area contributed by atoms with Gasteiger partial charge in [-0.15, -0.1) is 0 Å². The fourth-order valence-electron chi connectivity index (χ4n) is 2.52. The summed E-state index contributed by atoms with van der Waals surface area (Å²) in [7, 11) is -3.64. The Kier molecular flexibility index (Phi) is 4.96. The molecule has 0 aliphatic rings. The average molecular weight is 379 g/mol. The second-order valence-corrected chi connectivity index (χ2v) is 9.02. The maximum atomic E-state index is 12.6. The molecular formula is C17H21N3O5S. The first-order valence-electron chi connectivity index (χ1n) is 7.75. The van der Waals surface area contributed by atoms with Crippen LogP contribution in [0.3, 0.4) is 0 Å². The standard InChI is InChI=1S/C17H21N3O5S/c1-10-14(9-18-20(10)17(2,3)4)15(21)19-12-6-11(16(22)23)7-13(8-12)26(5,24)25/h6-9H,1-5H3,(H,19,21)(H,22,23). The van der Waals surface area contributed by atoms with Crippen LogP contribution in [0, 0.1) is 6.92 Å². The number of nitrogens with one attached hydrogen (secondary N) is 1. The molecule has 0 aliphatic heterocycles.